The van der Waals surface area contributed by atoms with Crippen LogP contribution >= 0.6 is 0 Å². The van der Waals surface area contributed by atoms with Crippen LogP contribution in [0.2, 0.25) is 0 Å². The van der Waals surface area contributed by atoms with E-state index in [1.54, 1.807) is 6.92 Å². The molecule has 0 aliphatic carbocycles. The van der Waals surface area contributed by atoms with Crippen LogP contribution in [-0.4, -0.2) is 95.3 Å². The van der Waals surface area contributed by atoms with Gasteiger partial charge in [0.15, 0.2) is 30.0 Å². The molecule has 0 aromatic carbocycles. The van der Waals surface area contributed by atoms with Crippen molar-refractivity contribution in [3.8, 4) is 0 Å². The van der Waals surface area contributed by atoms with E-state index in [4.69, 9.17) is 25.5 Å². The number of aliphatic hydroxyl groups is 5. The van der Waals surface area contributed by atoms with Crippen LogP contribution in [0.3, 0.4) is 0 Å². The van der Waals surface area contributed by atoms with Gasteiger partial charge in [0.05, 0.1) is 6.61 Å². The molecule has 0 saturated heterocycles. The average molecular weight is 423 g/mol. The first-order chi connectivity index (χ1) is 11.7. The smallest absolute Gasteiger partial charge is 0.170 e. The molecular weight excluding hydrogens is 392 g/mol. The van der Waals surface area contributed by atoms with Crippen LogP contribution in [-0.2, 0) is 24.5 Å². The molecule has 12 heteroatoms. The van der Waals surface area contributed by atoms with Crippen molar-refractivity contribution in [2.75, 3.05) is 18.1 Å². The van der Waals surface area contributed by atoms with Gasteiger partial charge in [-0.25, -0.2) is 16.8 Å². The molecule has 5 N–H and O–H groups in total. The molecule has 0 amide bonds. The Bertz CT molecular complexity index is 580. The van der Waals surface area contributed by atoms with E-state index in [9.17, 15) is 21.6 Å². The van der Waals surface area contributed by atoms with Gasteiger partial charge < -0.3 is 30.3 Å². The van der Waals surface area contributed by atoms with Crippen molar-refractivity contribution in [3.63, 3.8) is 0 Å². The summed E-state index contributed by atoms with van der Waals surface area (Å²) < 4.78 is 45.1. The second kappa shape index (κ2) is 11.3. The van der Waals surface area contributed by atoms with E-state index in [1.165, 1.54) is 20.8 Å². The van der Waals surface area contributed by atoms with Gasteiger partial charge in [-0.2, -0.15) is 0 Å². The number of aldehydes is 1. The van der Waals surface area contributed by atoms with Crippen molar-refractivity contribution in [2.24, 2.45) is 0 Å². The van der Waals surface area contributed by atoms with Crippen LogP contribution in [0, 0.1) is 0 Å². The molecule has 26 heavy (non-hydrogen) atoms. The predicted molar refractivity (Wildman–Crippen MR) is 94.8 cm³/mol. The van der Waals surface area contributed by atoms with Gasteiger partial charge >= 0.3 is 0 Å². The molecule has 0 heterocycles. The lowest BCUT2D eigenvalue weighted by molar-refractivity contribution is -0.136. The summed E-state index contributed by atoms with van der Waals surface area (Å²) in [5.74, 6) is -0.285. The number of rotatable bonds is 10. The number of carbonyl (C=O) groups is 1. The van der Waals surface area contributed by atoms with Crippen molar-refractivity contribution in [2.45, 2.75) is 62.6 Å². The van der Waals surface area contributed by atoms with Crippen LogP contribution in [0.5, 0.6) is 0 Å². The topological polar surface area (TPSA) is 186 Å². The van der Waals surface area contributed by atoms with Gasteiger partial charge in [0, 0.05) is 11.5 Å². The summed E-state index contributed by atoms with van der Waals surface area (Å²) in [5.41, 5.74) is 0. The highest BCUT2D eigenvalue weighted by atomic mass is 32.3. The molecule has 0 bridgehead atoms. The van der Waals surface area contributed by atoms with Gasteiger partial charge in [0.2, 0.25) is 0 Å². The lowest BCUT2D eigenvalue weighted by atomic mass is 10.0. The summed E-state index contributed by atoms with van der Waals surface area (Å²) in [5, 5.41) is 43.5. The van der Waals surface area contributed by atoms with Crippen molar-refractivity contribution in [3.05, 3.63) is 0 Å². The van der Waals surface area contributed by atoms with E-state index in [-0.39, 0.29) is 24.2 Å². The zero-order valence-electron chi connectivity index (χ0n) is 15.3. The van der Waals surface area contributed by atoms with Gasteiger partial charge in [0.25, 0.3) is 0 Å². The summed E-state index contributed by atoms with van der Waals surface area (Å²) in [6.45, 7) is 5.05. The first-order valence-electron chi connectivity index (χ1n) is 7.95. The maximum atomic E-state index is 11.7. The van der Waals surface area contributed by atoms with Gasteiger partial charge in [-0.15, -0.1) is 0 Å². The average Bonchev–Trinajstić information content (AvgIpc) is 2.64. The molecule has 0 aliphatic heterocycles. The molecular formula is C14H30O10S2. The highest BCUT2D eigenvalue weighted by Gasteiger charge is 2.47. The fraction of sp³-hybridized carbons (Fsp3) is 0.929. The molecule has 0 radical (unpaired) electrons. The van der Waals surface area contributed by atoms with Crippen LogP contribution in [0.25, 0.3) is 0 Å². The van der Waals surface area contributed by atoms with Crippen LogP contribution in [0.4, 0.5) is 0 Å². The number of aliphatic hydroxyl groups excluding tert-OH is 5. The Morgan fingerprint density at radius 2 is 1.27 bits per heavy atom. The third-order valence-electron chi connectivity index (χ3n) is 4.14. The van der Waals surface area contributed by atoms with E-state index in [1.807, 2.05) is 0 Å². The molecule has 0 fully saturated rings. The highest BCUT2D eigenvalue weighted by molar-refractivity contribution is 8.10. The third-order valence-corrected chi connectivity index (χ3v) is 10.4. The summed E-state index contributed by atoms with van der Waals surface area (Å²) in [6.07, 6.45) is -6.74. The lowest BCUT2D eigenvalue weighted by Gasteiger charge is -2.26. The standard InChI is InChI=1S/C8H18O4S2.C6H12O6/c1-5-8(4,13(9,10)6-2)14(11,12)7-3;7-1-3(9)5(11)6(12)4(10)2-8/h5-7H2,1-4H3;1,3-6,8-12H,2H2/t;3-,4+,5+,6+/m.0/s1. The minimum absolute atomic E-state index is 0.0258. The van der Waals surface area contributed by atoms with Crippen molar-refractivity contribution in [1.29, 1.82) is 0 Å². The van der Waals surface area contributed by atoms with Gasteiger partial charge in [-0.3, -0.25) is 0 Å². The fourth-order valence-electron chi connectivity index (χ4n) is 1.86. The molecule has 4 atom stereocenters. The first kappa shape index (κ1) is 27.6. The molecule has 158 valence electrons. The Morgan fingerprint density at radius 3 is 1.50 bits per heavy atom. The Morgan fingerprint density at radius 1 is 0.885 bits per heavy atom. The van der Waals surface area contributed by atoms with Gasteiger partial charge in [-0.1, -0.05) is 20.8 Å². The Balaban J connectivity index is 0. The quantitative estimate of drug-likeness (QED) is 0.238. The van der Waals surface area contributed by atoms with Crippen LogP contribution in [0.1, 0.15) is 34.1 Å². The number of hydrogen-bond acceptors (Lipinski definition) is 10. The number of sulfone groups is 2. The predicted octanol–water partition coefficient (Wildman–Crippen LogP) is -2.40. The summed E-state index contributed by atoms with van der Waals surface area (Å²) in [6, 6.07) is 0. The van der Waals surface area contributed by atoms with E-state index >= 15 is 0 Å². The van der Waals surface area contributed by atoms with E-state index in [0.29, 0.717) is 0 Å². The molecule has 0 spiro atoms. The molecule has 0 aliphatic rings. The molecule has 0 aromatic heterocycles. The lowest BCUT2D eigenvalue weighted by Crippen LogP contribution is -2.46. The largest absolute Gasteiger partial charge is 0.394 e. The second-order valence-corrected chi connectivity index (χ2v) is 11.3. The minimum atomic E-state index is -3.57. The summed E-state index contributed by atoms with van der Waals surface area (Å²) in [4.78, 5) is 9.90. The van der Waals surface area contributed by atoms with Gasteiger partial charge in [-0.05, 0) is 13.3 Å². The summed E-state index contributed by atoms with van der Waals surface area (Å²) >= 11 is 0. The maximum Gasteiger partial charge on any atom is 0.170 e. The molecule has 0 aromatic rings. The fourth-order valence-corrected chi connectivity index (χ4v) is 6.22. The number of hydrogen-bond donors (Lipinski definition) is 5. The zero-order valence-corrected chi connectivity index (χ0v) is 16.9. The second-order valence-electron chi connectivity index (χ2n) is 5.65. The Kier molecular flexibility index (Phi) is 12.0. The molecule has 0 unspecified atom stereocenters. The minimum Gasteiger partial charge on any atom is -0.394 e. The Hall–Kier alpha value is -0.630. The summed E-state index contributed by atoms with van der Waals surface area (Å²) in [7, 11) is -7.14. The van der Waals surface area contributed by atoms with Crippen molar-refractivity contribution in [1.82, 2.24) is 0 Å². The first-order valence-corrected chi connectivity index (χ1v) is 11.3. The van der Waals surface area contributed by atoms with Crippen LogP contribution < -0.4 is 0 Å². The normalized spacial score (nSPS) is 17.4. The van der Waals surface area contributed by atoms with Crippen molar-refractivity contribution >= 4 is 26.0 Å². The van der Waals surface area contributed by atoms with Crippen LogP contribution in [0.15, 0.2) is 0 Å². The molecule has 0 rings (SSSR count). The molecule has 0 saturated carbocycles. The monoisotopic (exact) mass is 422 g/mol. The van der Waals surface area contributed by atoms with Crippen molar-refractivity contribution < 1.29 is 47.2 Å². The van der Waals surface area contributed by atoms with E-state index < -0.39 is 54.8 Å². The SMILES string of the molecule is CCC(C)(S(=O)(=O)CC)S(=O)(=O)CC.O=C[C@H](O)[C@@H](O)[C@H](O)[C@H](O)CO. The maximum absolute atomic E-state index is 11.7. The highest BCUT2D eigenvalue weighted by Crippen LogP contribution is 2.29. The third kappa shape index (κ3) is 6.51. The number of carbonyl (C=O) groups excluding carboxylic acids is 1. The molecule has 10 nitrogen and oxygen atoms in total. The van der Waals surface area contributed by atoms with E-state index in [0.717, 1.165) is 0 Å². The van der Waals surface area contributed by atoms with E-state index in [2.05, 4.69) is 0 Å². The van der Waals surface area contributed by atoms with Gasteiger partial charge in [0.1, 0.15) is 24.4 Å². The zero-order chi connectivity index (χ0) is 21.3. The Labute approximate surface area is 154 Å².